The fourth-order valence-corrected chi connectivity index (χ4v) is 3.94. The number of amides is 1. The SMILES string of the molecule is Cc1nccc([C@@H]2CCCN2C(=O)Cc2sc(C)nc2C)n1. The molecule has 0 aromatic carbocycles. The minimum Gasteiger partial charge on any atom is -0.334 e. The number of nitrogens with zero attached hydrogens (tertiary/aromatic N) is 4. The van der Waals surface area contributed by atoms with Gasteiger partial charge in [0.15, 0.2) is 0 Å². The summed E-state index contributed by atoms with van der Waals surface area (Å²) in [7, 11) is 0. The average Bonchev–Trinajstić information content (AvgIpc) is 3.06. The normalized spacial score (nSPS) is 18.0. The summed E-state index contributed by atoms with van der Waals surface area (Å²) in [6, 6.07) is 2.01. The zero-order valence-electron chi connectivity index (χ0n) is 13.2. The van der Waals surface area contributed by atoms with Gasteiger partial charge < -0.3 is 4.90 Å². The van der Waals surface area contributed by atoms with Crippen molar-refractivity contribution in [2.24, 2.45) is 0 Å². The van der Waals surface area contributed by atoms with E-state index in [0.29, 0.717) is 6.42 Å². The van der Waals surface area contributed by atoms with Gasteiger partial charge in [-0.05, 0) is 39.7 Å². The Kier molecular flexibility index (Phi) is 4.20. The van der Waals surface area contributed by atoms with Crippen molar-refractivity contribution >= 4 is 17.2 Å². The maximum absolute atomic E-state index is 12.7. The van der Waals surface area contributed by atoms with E-state index < -0.39 is 0 Å². The van der Waals surface area contributed by atoms with Gasteiger partial charge in [-0.25, -0.2) is 15.0 Å². The van der Waals surface area contributed by atoms with Crippen LogP contribution in [0, 0.1) is 20.8 Å². The van der Waals surface area contributed by atoms with E-state index in [-0.39, 0.29) is 11.9 Å². The third-order valence-corrected chi connectivity index (χ3v) is 5.10. The molecule has 0 radical (unpaired) electrons. The van der Waals surface area contributed by atoms with Crippen molar-refractivity contribution in [1.82, 2.24) is 19.9 Å². The van der Waals surface area contributed by atoms with Crippen LogP contribution in [0.3, 0.4) is 0 Å². The van der Waals surface area contributed by atoms with Crippen LogP contribution in [-0.2, 0) is 11.2 Å². The molecule has 0 N–H and O–H groups in total. The van der Waals surface area contributed by atoms with Gasteiger partial charge in [-0.1, -0.05) is 0 Å². The average molecular weight is 316 g/mol. The first-order valence-electron chi connectivity index (χ1n) is 7.56. The van der Waals surface area contributed by atoms with Crippen molar-refractivity contribution in [2.45, 2.75) is 46.1 Å². The smallest absolute Gasteiger partial charge is 0.228 e. The highest BCUT2D eigenvalue weighted by molar-refractivity contribution is 7.11. The van der Waals surface area contributed by atoms with Gasteiger partial charge in [-0.2, -0.15) is 0 Å². The summed E-state index contributed by atoms with van der Waals surface area (Å²) in [5, 5.41) is 1.02. The highest BCUT2D eigenvalue weighted by atomic mass is 32.1. The second kappa shape index (κ2) is 6.12. The first-order chi connectivity index (χ1) is 10.5. The molecule has 1 saturated heterocycles. The van der Waals surface area contributed by atoms with Crippen molar-refractivity contribution in [3.8, 4) is 0 Å². The van der Waals surface area contributed by atoms with E-state index in [0.717, 1.165) is 46.5 Å². The summed E-state index contributed by atoms with van der Waals surface area (Å²) in [6.45, 7) is 6.65. The fourth-order valence-electron chi connectivity index (χ4n) is 3.01. The summed E-state index contributed by atoms with van der Waals surface area (Å²) in [4.78, 5) is 28.8. The lowest BCUT2D eigenvalue weighted by atomic mass is 10.1. The number of aromatic nitrogens is 3. The molecular formula is C16H20N4OS. The van der Waals surface area contributed by atoms with Gasteiger partial charge in [0.2, 0.25) is 5.91 Å². The maximum Gasteiger partial charge on any atom is 0.228 e. The number of carbonyl (C=O) groups excluding carboxylic acids is 1. The number of carbonyl (C=O) groups is 1. The zero-order chi connectivity index (χ0) is 15.7. The molecular weight excluding hydrogens is 296 g/mol. The van der Waals surface area contributed by atoms with E-state index in [4.69, 9.17) is 0 Å². The van der Waals surface area contributed by atoms with Crippen LogP contribution in [-0.4, -0.2) is 32.3 Å². The fraction of sp³-hybridized carbons (Fsp3) is 0.500. The molecule has 2 aromatic rings. The van der Waals surface area contributed by atoms with Crippen molar-refractivity contribution < 1.29 is 4.79 Å². The Labute approximate surface area is 134 Å². The zero-order valence-corrected chi connectivity index (χ0v) is 14.0. The monoisotopic (exact) mass is 316 g/mol. The van der Waals surface area contributed by atoms with Gasteiger partial charge in [0.25, 0.3) is 0 Å². The first-order valence-corrected chi connectivity index (χ1v) is 8.38. The Bertz CT molecular complexity index is 697. The van der Waals surface area contributed by atoms with Gasteiger partial charge in [-0.3, -0.25) is 4.79 Å². The van der Waals surface area contributed by atoms with Crippen LogP contribution in [0.2, 0.25) is 0 Å². The molecule has 1 aliphatic rings. The topological polar surface area (TPSA) is 59.0 Å². The lowest BCUT2D eigenvalue weighted by Gasteiger charge is -2.24. The summed E-state index contributed by atoms with van der Waals surface area (Å²) in [6.07, 6.45) is 4.22. The number of hydrogen-bond acceptors (Lipinski definition) is 5. The molecule has 5 nitrogen and oxygen atoms in total. The molecule has 1 aliphatic heterocycles. The van der Waals surface area contributed by atoms with Crippen molar-refractivity contribution in [1.29, 1.82) is 0 Å². The second-order valence-electron chi connectivity index (χ2n) is 5.69. The van der Waals surface area contributed by atoms with Crippen LogP contribution >= 0.6 is 11.3 Å². The molecule has 6 heteroatoms. The Morgan fingerprint density at radius 2 is 2.18 bits per heavy atom. The van der Waals surface area contributed by atoms with Crippen LogP contribution in [0.25, 0.3) is 0 Å². The first kappa shape index (κ1) is 15.1. The minimum absolute atomic E-state index is 0.0866. The Hall–Kier alpha value is -1.82. The molecule has 2 aromatic heterocycles. The summed E-state index contributed by atoms with van der Waals surface area (Å²) in [5.74, 6) is 0.927. The summed E-state index contributed by atoms with van der Waals surface area (Å²) < 4.78 is 0. The molecule has 0 spiro atoms. The van der Waals surface area contributed by atoms with Gasteiger partial charge in [-0.15, -0.1) is 11.3 Å². The largest absolute Gasteiger partial charge is 0.334 e. The van der Waals surface area contributed by atoms with Gasteiger partial charge in [0, 0.05) is 17.6 Å². The summed E-state index contributed by atoms with van der Waals surface area (Å²) >= 11 is 1.62. The van der Waals surface area contributed by atoms with Crippen LogP contribution in [0.4, 0.5) is 0 Å². The van der Waals surface area contributed by atoms with Crippen molar-refractivity contribution in [3.05, 3.63) is 39.4 Å². The van der Waals surface area contributed by atoms with Crippen LogP contribution < -0.4 is 0 Å². The summed E-state index contributed by atoms with van der Waals surface area (Å²) in [5.41, 5.74) is 1.93. The molecule has 0 bridgehead atoms. The maximum atomic E-state index is 12.7. The third-order valence-electron chi connectivity index (χ3n) is 4.02. The number of hydrogen-bond donors (Lipinski definition) is 0. The number of aryl methyl sites for hydroxylation is 3. The number of likely N-dealkylation sites (tertiary alicyclic amines) is 1. The lowest BCUT2D eigenvalue weighted by Crippen LogP contribution is -2.32. The van der Waals surface area contributed by atoms with Gasteiger partial charge in [0.05, 0.1) is 28.9 Å². The minimum atomic E-state index is 0.0866. The van der Waals surface area contributed by atoms with Crippen molar-refractivity contribution in [3.63, 3.8) is 0 Å². The van der Waals surface area contributed by atoms with E-state index >= 15 is 0 Å². The number of thiazole rings is 1. The highest BCUT2D eigenvalue weighted by Crippen LogP contribution is 2.31. The van der Waals surface area contributed by atoms with E-state index in [1.165, 1.54) is 0 Å². The third kappa shape index (κ3) is 3.02. The van der Waals surface area contributed by atoms with E-state index in [9.17, 15) is 4.79 Å². The predicted molar refractivity (Wildman–Crippen MR) is 85.7 cm³/mol. The van der Waals surface area contributed by atoms with E-state index in [1.54, 1.807) is 17.5 Å². The molecule has 1 atom stereocenters. The van der Waals surface area contributed by atoms with Crippen molar-refractivity contribution in [2.75, 3.05) is 6.54 Å². The molecule has 22 heavy (non-hydrogen) atoms. The van der Waals surface area contributed by atoms with Crippen LogP contribution in [0.5, 0.6) is 0 Å². The lowest BCUT2D eigenvalue weighted by molar-refractivity contribution is -0.131. The molecule has 1 fully saturated rings. The van der Waals surface area contributed by atoms with Gasteiger partial charge >= 0.3 is 0 Å². The van der Waals surface area contributed by atoms with Crippen LogP contribution in [0.1, 0.15) is 46.0 Å². The Morgan fingerprint density at radius 3 is 2.86 bits per heavy atom. The quantitative estimate of drug-likeness (QED) is 0.873. The molecule has 116 valence electrons. The number of rotatable bonds is 3. The second-order valence-corrected chi connectivity index (χ2v) is 6.98. The Morgan fingerprint density at radius 1 is 1.36 bits per heavy atom. The predicted octanol–water partition coefficient (Wildman–Crippen LogP) is 2.76. The molecule has 0 saturated carbocycles. The Balaban J connectivity index is 1.78. The molecule has 0 aliphatic carbocycles. The molecule has 3 heterocycles. The highest BCUT2D eigenvalue weighted by Gasteiger charge is 2.31. The molecule has 3 rings (SSSR count). The van der Waals surface area contributed by atoms with E-state index in [1.807, 2.05) is 31.7 Å². The molecule has 0 unspecified atom stereocenters. The molecule has 1 amide bonds. The van der Waals surface area contributed by atoms with E-state index in [2.05, 4.69) is 15.0 Å². The van der Waals surface area contributed by atoms with Gasteiger partial charge in [0.1, 0.15) is 5.82 Å². The van der Waals surface area contributed by atoms with Crippen LogP contribution in [0.15, 0.2) is 12.3 Å². The standard InChI is InChI=1S/C16H20N4OS/c1-10-15(22-12(3)18-10)9-16(21)20-8-4-5-14(20)13-6-7-17-11(2)19-13/h6-7,14H,4-5,8-9H2,1-3H3/t14-/m0/s1.